The van der Waals surface area contributed by atoms with E-state index in [2.05, 4.69) is 15.1 Å². The molecule has 114 valence electrons. The Hall–Kier alpha value is -2.14. The first-order valence-electron chi connectivity index (χ1n) is 5.73. The van der Waals surface area contributed by atoms with Crippen molar-refractivity contribution in [1.29, 1.82) is 0 Å². The molecule has 2 N–H and O–H groups in total. The number of aryl methyl sites for hydroxylation is 2. The van der Waals surface area contributed by atoms with Crippen LogP contribution in [0.25, 0.3) is 0 Å². The molecule has 2 aromatic heterocycles. The molecular weight excluding hydrogens is 318 g/mol. The third-order valence-electron chi connectivity index (χ3n) is 2.64. The number of hydrogen-bond donors (Lipinski definition) is 2. The number of hydrogen-bond acceptors (Lipinski definition) is 7. The van der Waals surface area contributed by atoms with Gasteiger partial charge in [0, 0.05) is 26.4 Å². The molecule has 0 saturated heterocycles. The van der Waals surface area contributed by atoms with Gasteiger partial charge in [0.15, 0.2) is 5.00 Å². The highest BCUT2D eigenvalue weighted by Crippen LogP contribution is 2.37. The van der Waals surface area contributed by atoms with Crippen molar-refractivity contribution in [1.82, 2.24) is 9.78 Å². The predicted molar refractivity (Wildman–Crippen MR) is 79.3 cm³/mol. The summed E-state index contributed by atoms with van der Waals surface area (Å²) in [6.07, 6.45) is 1.52. The third kappa shape index (κ3) is 2.97. The van der Waals surface area contributed by atoms with Gasteiger partial charge in [0.05, 0.1) is 16.3 Å². The highest BCUT2D eigenvalue weighted by atomic mass is 32.2. The maximum atomic E-state index is 12.3. The van der Waals surface area contributed by atoms with Crippen molar-refractivity contribution in [2.45, 2.75) is 11.1 Å². The molecule has 21 heavy (non-hydrogen) atoms. The van der Waals surface area contributed by atoms with Crippen LogP contribution in [0.4, 0.5) is 16.4 Å². The van der Waals surface area contributed by atoms with Gasteiger partial charge in [0.2, 0.25) is 0 Å². The first-order chi connectivity index (χ1) is 9.74. The SMILES string of the molecule is CNc1sc(S(=O)(=O)Nc2cn(C)nc2C)cc1[N+](=O)[O-]. The summed E-state index contributed by atoms with van der Waals surface area (Å²) in [5, 5.41) is 17.7. The van der Waals surface area contributed by atoms with Crippen LogP contribution in [0.15, 0.2) is 16.5 Å². The molecule has 0 unspecified atom stereocenters. The second-order valence-corrected chi connectivity index (χ2v) is 7.16. The van der Waals surface area contributed by atoms with Crippen molar-refractivity contribution in [3.05, 3.63) is 28.1 Å². The van der Waals surface area contributed by atoms with Crippen molar-refractivity contribution in [3.8, 4) is 0 Å². The van der Waals surface area contributed by atoms with E-state index in [9.17, 15) is 18.5 Å². The van der Waals surface area contributed by atoms with Crippen LogP contribution in [0.3, 0.4) is 0 Å². The molecule has 0 aliphatic rings. The van der Waals surface area contributed by atoms with Crippen molar-refractivity contribution in [3.63, 3.8) is 0 Å². The largest absolute Gasteiger partial charge is 0.374 e. The Bertz CT molecular complexity index is 792. The Morgan fingerprint density at radius 1 is 1.48 bits per heavy atom. The molecule has 0 radical (unpaired) electrons. The minimum atomic E-state index is -3.90. The zero-order chi connectivity index (χ0) is 15.8. The van der Waals surface area contributed by atoms with Gasteiger partial charge in [-0.15, -0.1) is 0 Å². The van der Waals surface area contributed by atoms with Gasteiger partial charge in [-0.2, -0.15) is 5.10 Å². The third-order valence-corrected chi connectivity index (χ3v) is 5.62. The Morgan fingerprint density at radius 2 is 2.14 bits per heavy atom. The molecule has 9 nitrogen and oxygen atoms in total. The van der Waals surface area contributed by atoms with Crippen LogP contribution in [-0.4, -0.2) is 30.2 Å². The maximum absolute atomic E-state index is 12.3. The molecule has 0 saturated carbocycles. The summed E-state index contributed by atoms with van der Waals surface area (Å²) < 4.78 is 28.3. The number of anilines is 2. The normalized spacial score (nSPS) is 11.4. The van der Waals surface area contributed by atoms with Crippen molar-refractivity contribution < 1.29 is 13.3 Å². The highest BCUT2D eigenvalue weighted by Gasteiger charge is 2.26. The summed E-state index contributed by atoms with van der Waals surface area (Å²) in [5.74, 6) is 0. The van der Waals surface area contributed by atoms with E-state index in [1.807, 2.05) is 0 Å². The minimum absolute atomic E-state index is 0.137. The number of nitro groups is 1. The molecule has 2 aromatic rings. The number of rotatable bonds is 5. The van der Waals surface area contributed by atoms with Gasteiger partial charge in [-0.3, -0.25) is 19.5 Å². The van der Waals surface area contributed by atoms with E-state index < -0.39 is 14.9 Å². The summed E-state index contributed by atoms with van der Waals surface area (Å²) in [6.45, 7) is 1.66. The van der Waals surface area contributed by atoms with Crippen LogP contribution in [-0.2, 0) is 17.1 Å². The maximum Gasteiger partial charge on any atom is 0.304 e. The quantitative estimate of drug-likeness (QED) is 0.633. The second-order valence-electron chi connectivity index (χ2n) is 4.19. The average Bonchev–Trinajstić information content (AvgIpc) is 2.93. The number of aromatic nitrogens is 2. The number of nitrogens with one attached hydrogen (secondary N) is 2. The molecular formula is C10H13N5O4S2. The zero-order valence-corrected chi connectivity index (χ0v) is 13.1. The average molecular weight is 331 g/mol. The summed E-state index contributed by atoms with van der Waals surface area (Å²) in [7, 11) is -0.737. The fourth-order valence-corrected chi connectivity index (χ4v) is 4.08. The van der Waals surface area contributed by atoms with Gasteiger partial charge in [-0.1, -0.05) is 11.3 Å². The molecule has 0 fully saturated rings. The lowest BCUT2D eigenvalue weighted by molar-refractivity contribution is -0.383. The monoisotopic (exact) mass is 331 g/mol. The molecule has 0 spiro atoms. The lowest BCUT2D eigenvalue weighted by atomic mass is 10.4. The van der Waals surface area contributed by atoms with E-state index in [1.54, 1.807) is 14.0 Å². The van der Waals surface area contributed by atoms with Crippen LogP contribution in [0.1, 0.15) is 5.69 Å². The summed E-state index contributed by atoms with van der Waals surface area (Å²) >= 11 is 0.796. The fraction of sp³-hybridized carbons (Fsp3) is 0.300. The molecule has 11 heteroatoms. The fourth-order valence-electron chi connectivity index (χ4n) is 1.70. The first-order valence-corrected chi connectivity index (χ1v) is 8.03. The van der Waals surface area contributed by atoms with Crippen LogP contribution in [0.2, 0.25) is 0 Å². The van der Waals surface area contributed by atoms with Crippen LogP contribution < -0.4 is 10.0 Å². The molecule has 0 aromatic carbocycles. The number of nitrogens with zero attached hydrogens (tertiary/aromatic N) is 3. The van der Waals surface area contributed by atoms with Gasteiger partial charge in [-0.05, 0) is 6.92 Å². The van der Waals surface area contributed by atoms with Crippen molar-refractivity contribution >= 4 is 37.7 Å². The molecule has 0 bridgehead atoms. The van der Waals surface area contributed by atoms with Gasteiger partial charge in [-0.25, -0.2) is 8.42 Å². The highest BCUT2D eigenvalue weighted by molar-refractivity contribution is 7.94. The minimum Gasteiger partial charge on any atom is -0.374 e. The Balaban J connectivity index is 2.40. The lowest BCUT2D eigenvalue weighted by Crippen LogP contribution is -2.11. The molecule has 2 heterocycles. The molecule has 0 amide bonds. The molecule has 0 aliphatic carbocycles. The summed E-state index contributed by atoms with van der Waals surface area (Å²) in [6, 6.07) is 1.03. The topological polar surface area (TPSA) is 119 Å². The van der Waals surface area contributed by atoms with Crippen molar-refractivity contribution in [2.24, 2.45) is 7.05 Å². The van der Waals surface area contributed by atoms with Crippen LogP contribution in [0.5, 0.6) is 0 Å². The summed E-state index contributed by atoms with van der Waals surface area (Å²) in [5.41, 5.74) is 0.575. The Labute approximate surface area is 124 Å². The predicted octanol–water partition coefficient (Wildman–Crippen LogP) is 1.54. The number of sulfonamides is 1. The molecule has 2 rings (SSSR count). The van der Waals surface area contributed by atoms with E-state index >= 15 is 0 Å². The van der Waals surface area contributed by atoms with Crippen molar-refractivity contribution in [2.75, 3.05) is 17.1 Å². The van der Waals surface area contributed by atoms with Gasteiger partial charge in [0.1, 0.15) is 4.21 Å². The van der Waals surface area contributed by atoms with E-state index in [4.69, 9.17) is 0 Å². The van der Waals surface area contributed by atoms with E-state index in [0.717, 1.165) is 17.4 Å². The zero-order valence-electron chi connectivity index (χ0n) is 11.4. The Morgan fingerprint density at radius 3 is 2.57 bits per heavy atom. The standard InChI is InChI=1S/C10H13N5O4S2/c1-6-7(5-14(3)12-6)13-21(18,19)9-4-8(15(16)17)10(11-2)20-9/h4-5,11,13H,1-3H3. The molecule has 0 aliphatic heterocycles. The van der Waals surface area contributed by atoms with Gasteiger partial charge in [0.25, 0.3) is 10.0 Å². The lowest BCUT2D eigenvalue weighted by Gasteiger charge is -2.03. The second kappa shape index (κ2) is 5.33. The number of thiophene rings is 1. The van der Waals surface area contributed by atoms with Crippen LogP contribution >= 0.6 is 11.3 Å². The van der Waals surface area contributed by atoms with Crippen LogP contribution in [0, 0.1) is 17.0 Å². The Kier molecular flexibility index (Phi) is 3.87. The van der Waals surface area contributed by atoms with E-state index in [-0.39, 0.29) is 14.9 Å². The molecule has 0 atom stereocenters. The smallest absolute Gasteiger partial charge is 0.304 e. The van der Waals surface area contributed by atoms with E-state index in [0.29, 0.717) is 11.4 Å². The summed E-state index contributed by atoms with van der Waals surface area (Å²) in [4.78, 5) is 10.3. The first kappa shape index (κ1) is 15.3. The van der Waals surface area contributed by atoms with E-state index in [1.165, 1.54) is 17.9 Å². The van der Waals surface area contributed by atoms with Gasteiger partial charge < -0.3 is 5.32 Å². The van der Waals surface area contributed by atoms with Gasteiger partial charge >= 0.3 is 5.69 Å².